The van der Waals surface area contributed by atoms with Crippen LogP contribution >= 0.6 is 11.3 Å². The highest BCUT2D eigenvalue weighted by Crippen LogP contribution is 2.22. The molecule has 2 aromatic rings. The van der Waals surface area contributed by atoms with Crippen LogP contribution in [-0.4, -0.2) is 24.6 Å². The molecular formula is C12H17N3S. The van der Waals surface area contributed by atoms with E-state index in [1.165, 1.54) is 9.71 Å². The highest BCUT2D eigenvalue weighted by atomic mass is 32.1. The van der Waals surface area contributed by atoms with E-state index in [0.717, 1.165) is 31.4 Å². The van der Waals surface area contributed by atoms with Crippen LogP contribution in [0.25, 0.3) is 10.2 Å². The molecule has 4 heteroatoms. The van der Waals surface area contributed by atoms with Crippen molar-refractivity contribution in [2.45, 2.75) is 12.8 Å². The molecule has 0 saturated carbocycles. The number of nitrogens with zero attached hydrogens (tertiary/aromatic N) is 1. The van der Waals surface area contributed by atoms with Crippen molar-refractivity contribution in [1.82, 2.24) is 10.3 Å². The lowest BCUT2D eigenvalue weighted by Gasteiger charge is -2.00. The molecular weight excluding hydrogens is 218 g/mol. The molecule has 0 bridgehead atoms. The Labute approximate surface area is 99.7 Å². The van der Waals surface area contributed by atoms with E-state index in [4.69, 9.17) is 5.73 Å². The second-order valence-corrected chi connectivity index (χ2v) is 4.83. The molecule has 0 aliphatic carbocycles. The van der Waals surface area contributed by atoms with Crippen LogP contribution in [0.15, 0.2) is 24.3 Å². The van der Waals surface area contributed by atoms with Gasteiger partial charge in [-0.2, -0.15) is 0 Å². The van der Waals surface area contributed by atoms with E-state index in [2.05, 4.69) is 28.5 Å². The first-order chi connectivity index (χ1) is 7.90. The second-order valence-electron chi connectivity index (χ2n) is 3.72. The maximum absolute atomic E-state index is 5.40. The van der Waals surface area contributed by atoms with E-state index in [9.17, 15) is 0 Å². The largest absolute Gasteiger partial charge is 0.329 e. The van der Waals surface area contributed by atoms with Crippen molar-refractivity contribution in [1.29, 1.82) is 0 Å². The first kappa shape index (κ1) is 11.5. The van der Waals surface area contributed by atoms with Crippen molar-refractivity contribution in [3.63, 3.8) is 0 Å². The zero-order valence-electron chi connectivity index (χ0n) is 9.28. The van der Waals surface area contributed by atoms with E-state index in [0.29, 0.717) is 6.54 Å². The summed E-state index contributed by atoms with van der Waals surface area (Å²) in [6, 6.07) is 8.30. The predicted octanol–water partition coefficient (Wildman–Crippen LogP) is 1.78. The number of rotatable bonds is 6. The number of aryl methyl sites for hydroxylation is 1. The van der Waals surface area contributed by atoms with E-state index < -0.39 is 0 Å². The van der Waals surface area contributed by atoms with Crippen molar-refractivity contribution >= 4 is 21.6 Å². The fraction of sp³-hybridized carbons (Fsp3) is 0.417. The third kappa shape index (κ3) is 3.01. The minimum atomic E-state index is 0.709. The lowest BCUT2D eigenvalue weighted by Crippen LogP contribution is -2.23. The second kappa shape index (κ2) is 5.94. The molecule has 1 aromatic heterocycles. The van der Waals surface area contributed by atoms with Gasteiger partial charge in [0.1, 0.15) is 0 Å². The van der Waals surface area contributed by atoms with Gasteiger partial charge >= 0.3 is 0 Å². The zero-order valence-corrected chi connectivity index (χ0v) is 10.1. The van der Waals surface area contributed by atoms with Gasteiger partial charge in [-0.1, -0.05) is 12.1 Å². The average Bonchev–Trinajstić information content (AvgIpc) is 2.71. The topological polar surface area (TPSA) is 50.9 Å². The Morgan fingerprint density at radius 2 is 2.12 bits per heavy atom. The van der Waals surface area contributed by atoms with Crippen molar-refractivity contribution < 1.29 is 0 Å². The van der Waals surface area contributed by atoms with Gasteiger partial charge in [0.05, 0.1) is 15.2 Å². The number of nitrogens with two attached hydrogens (primary N) is 1. The number of hydrogen-bond donors (Lipinski definition) is 2. The van der Waals surface area contributed by atoms with Gasteiger partial charge in [0, 0.05) is 19.5 Å². The van der Waals surface area contributed by atoms with Gasteiger partial charge in [0.15, 0.2) is 0 Å². The third-order valence-corrected chi connectivity index (χ3v) is 3.50. The van der Waals surface area contributed by atoms with Crippen molar-refractivity contribution in [2.24, 2.45) is 5.73 Å². The van der Waals surface area contributed by atoms with E-state index >= 15 is 0 Å². The van der Waals surface area contributed by atoms with Crippen LogP contribution in [0.2, 0.25) is 0 Å². The van der Waals surface area contributed by atoms with Crippen molar-refractivity contribution in [3.05, 3.63) is 29.3 Å². The minimum Gasteiger partial charge on any atom is -0.329 e. The molecule has 1 aromatic carbocycles. The highest BCUT2D eigenvalue weighted by molar-refractivity contribution is 7.18. The molecule has 0 radical (unpaired) electrons. The minimum absolute atomic E-state index is 0.709. The highest BCUT2D eigenvalue weighted by Gasteiger charge is 2.01. The molecule has 0 aliphatic heterocycles. The molecule has 0 aliphatic rings. The van der Waals surface area contributed by atoms with Crippen LogP contribution in [-0.2, 0) is 6.42 Å². The lowest BCUT2D eigenvalue weighted by molar-refractivity contribution is 0.652. The molecule has 0 amide bonds. The SMILES string of the molecule is NCCNCCCc1nc2ccccc2s1. The molecule has 3 N–H and O–H groups in total. The van der Waals surface area contributed by atoms with Gasteiger partial charge in [0.25, 0.3) is 0 Å². The molecule has 0 fully saturated rings. The van der Waals surface area contributed by atoms with Crippen LogP contribution in [0.3, 0.4) is 0 Å². The molecule has 0 spiro atoms. The summed E-state index contributed by atoms with van der Waals surface area (Å²) in [7, 11) is 0. The number of benzene rings is 1. The van der Waals surface area contributed by atoms with Gasteiger partial charge in [0.2, 0.25) is 0 Å². The van der Waals surface area contributed by atoms with Crippen LogP contribution < -0.4 is 11.1 Å². The van der Waals surface area contributed by atoms with Crippen LogP contribution in [0.4, 0.5) is 0 Å². The van der Waals surface area contributed by atoms with Gasteiger partial charge in [-0.3, -0.25) is 0 Å². The van der Waals surface area contributed by atoms with Gasteiger partial charge in [-0.05, 0) is 25.1 Å². The summed E-state index contributed by atoms with van der Waals surface area (Å²) in [4.78, 5) is 4.60. The van der Waals surface area contributed by atoms with Gasteiger partial charge < -0.3 is 11.1 Å². The van der Waals surface area contributed by atoms with Crippen LogP contribution in [0.1, 0.15) is 11.4 Å². The third-order valence-electron chi connectivity index (χ3n) is 2.40. The van der Waals surface area contributed by atoms with Crippen LogP contribution in [0.5, 0.6) is 0 Å². The van der Waals surface area contributed by atoms with Gasteiger partial charge in [-0.15, -0.1) is 11.3 Å². The summed E-state index contributed by atoms with van der Waals surface area (Å²) in [5.41, 5.74) is 6.52. The molecule has 0 atom stereocenters. The number of nitrogens with one attached hydrogen (secondary N) is 1. The number of aromatic nitrogens is 1. The monoisotopic (exact) mass is 235 g/mol. The summed E-state index contributed by atoms with van der Waals surface area (Å²) in [5, 5.41) is 4.52. The maximum Gasteiger partial charge on any atom is 0.0939 e. The number of thiazole rings is 1. The summed E-state index contributed by atoms with van der Waals surface area (Å²) >= 11 is 1.80. The number of para-hydroxylation sites is 1. The summed E-state index contributed by atoms with van der Waals surface area (Å²) in [6.45, 7) is 2.63. The Hall–Kier alpha value is -0.970. The van der Waals surface area contributed by atoms with E-state index in [1.807, 2.05) is 6.07 Å². The predicted molar refractivity (Wildman–Crippen MR) is 69.9 cm³/mol. The Morgan fingerprint density at radius 3 is 2.94 bits per heavy atom. The molecule has 0 saturated heterocycles. The Bertz CT molecular complexity index is 406. The maximum atomic E-state index is 5.40. The summed E-state index contributed by atoms with van der Waals surface area (Å²) < 4.78 is 1.28. The molecule has 16 heavy (non-hydrogen) atoms. The van der Waals surface area contributed by atoms with E-state index in [1.54, 1.807) is 11.3 Å². The molecule has 1 heterocycles. The number of hydrogen-bond acceptors (Lipinski definition) is 4. The Morgan fingerprint density at radius 1 is 1.25 bits per heavy atom. The first-order valence-electron chi connectivity index (χ1n) is 5.65. The normalized spacial score (nSPS) is 11.1. The van der Waals surface area contributed by atoms with Crippen molar-refractivity contribution in [2.75, 3.05) is 19.6 Å². The lowest BCUT2D eigenvalue weighted by atomic mass is 10.3. The summed E-state index contributed by atoms with van der Waals surface area (Å²) in [5.74, 6) is 0. The zero-order chi connectivity index (χ0) is 11.2. The van der Waals surface area contributed by atoms with Gasteiger partial charge in [-0.25, -0.2) is 4.98 Å². The van der Waals surface area contributed by atoms with Crippen LogP contribution in [0, 0.1) is 0 Å². The molecule has 86 valence electrons. The molecule has 2 rings (SSSR count). The first-order valence-corrected chi connectivity index (χ1v) is 6.47. The average molecular weight is 235 g/mol. The fourth-order valence-electron chi connectivity index (χ4n) is 1.62. The molecule has 3 nitrogen and oxygen atoms in total. The smallest absolute Gasteiger partial charge is 0.0939 e. The number of fused-ring (bicyclic) bond motifs is 1. The standard InChI is InChI=1S/C12H17N3S/c13-7-9-14-8-3-6-12-15-10-4-1-2-5-11(10)16-12/h1-2,4-5,14H,3,6-9,13H2. The molecule has 0 unspecified atom stereocenters. The fourth-order valence-corrected chi connectivity index (χ4v) is 2.63. The van der Waals surface area contributed by atoms with E-state index in [-0.39, 0.29) is 0 Å². The Kier molecular flexibility index (Phi) is 4.27. The van der Waals surface area contributed by atoms with Crippen molar-refractivity contribution in [3.8, 4) is 0 Å². The quantitative estimate of drug-likeness (QED) is 0.750. The Balaban J connectivity index is 1.85. The summed E-state index contributed by atoms with van der Waals surface area (Å²) in [6.07, 6.45) is 2.18.